The van der Waals surface area contributed by atoms with Gasteiger partial charge in [-0.05, 0) is 31.9 Å². The molecular weight excluding hydrogens is 254 g/mol. The van der Waals surface area contributed by atoms with Gasteiger partial charge in [0.1, 0.15) is 11.5 Å². The van der Waals surface area contributed by atoms with Gasteiger partial charge in [0.25, 0.3) is 5.56 Å². The SMILES string of the molecule is Cc1ccc(C(C)Nc2nccn(CC(C)C)c2=O)o1. The Labute approximate surface area is 118 Å². The van der Waals surface area contributed by atoms with Gasteiger partial charge < -0.3 is 14.3 Å². The van der Waals surface area contributed by atoms with Crippen molar-refractivity contribution in [1.82, 2.24) is 9.55 Å². The van der Waals surface area contributed by atoms with Gasteiger partial charge in [0.15, 0.2) is 5.82 Å². The molecule has 2 aromatic rings. The van der Waals surface area contributed by atoms with Crippen LogP contribution in [0, 0.1) is 12.8 Å². The van der Waals surface area contributed by atoms with Crippen LogP contribution in [0.3, 0.4) is 0 Å². The van der Waals surface area contributed by atoms with E-state index < -0.39 is 0 Å². The van der Waals surface area contributed by atoms with Crippen LogP contribution in [0.5, 0.6) is 0 Å². The minimum absolute atomic E-state index is 0.0983. The summed E-state index contributed by atoms with van der Waals surface area (Å²) in [4.78, 5) is 16.4. The monoisotopic (exact) mass is 275 g/mol. The topological polar surface area (TPSA) is 60.1 Å². The molecule has 0 saturated carbocycles. The molecule has 108 valence electrons. The van der Waals surface area contributed by atoms with E-state index >= 15 is 0 Å². The van der Waals surface area contributed by atoms with E-state index in [0.717, 1.165) is 11.5 Å². The molecule has 0 aliphatic heterocycles. The molecule has 1 unspecified atom stereocenters. The number of rotatable bonds is 5. The van der Waals surface area contributed by atoms with Crippen molar-refractivity contribution in [3.8, 4) is 0 Å². The molecule has 0 fully saturated rings. The van der Waals surface area contributed by atoms with Gasteiger partial charge in [-0.1, -0.05) is 13.8 Å². The molecular formula is C15H21N3O2. The summed E-state index contributed by atoms with van der Waals surface area (Å²) >= 11 is 0. The minimum atomic E-state index is -0.101. The quantitative estimate of drug-likeness (QED) is 0.911. The van der Waals surface area contributed by atoms with Crippen molar-refractivity contribution >= 4 is 5.82 Å². The van der Waals surface area contributed by atoms with Crippen LogP contribution < -0.4 is 10.9 Å². The highest BCUT2D eigenvalue weighted by Gasteiger charge is 2.13. The summed E-state index contributed by atoms with van der Waals surface area (Å²) in [7, 11) is 0. The van der Waals surface area contributed by atoms with Gasteiger partial charge in [-0.15, -0.1) is 0 Å². The number of hydrogen-bond donors (Lipinski definition) is 1. The fourth-order valence-corrected chi connectivity index (χ4v) is 2.05. The maximum Gasteiger partial charge on any atom is 0.293 e. The van der Waals surface area contributed by atoms with E-state index in [1.807, 2.05) is 26.0 Å². The first kappa shape index (κ1) is 14.4. The Kier molecular flexibility index (Phi) is 4.27. The molecule has 5 heteroatoms. The Morgan fingerprint density at radius 1 is 1.35 bits per heavy atom. The Morgan fingerprint density at radius 3 is 2.70 bits per heavy atom. The van der Waals surface area contributed by atoms with Gasteiger partial charge in [0, 0.05) is 18.9 Å². The maximum atomic E-state index is 12.3. The molecule has 2 rings (SSSR count). The second-order valence-corrected chi connectivity index (χ2v) is 5.44. The second-order valence-electron chi connectivity index (χ2n) is 5.44. The third-order valence-electron chi connectivity index (χ3n) is 3.02. The van der Waals surface area contributed by atoms with Crippen molar-refractivity contribution in [2.24, 2.45) is 5.92 Å². The van der Waals surface area contributed by atoms with Crippen molar-refractivity contribution in [3.05, 3.63) is 46.4 Å². The number of furan rings is 1. The number of aryl methyl sites for hydroxylation is 1. The fraction of sp³-hybridized carbons (Fsp3) is 0.467. The summed E-state index contributed by atoms with van der Waals surface area (Å²) in [5, 5.41) is 3.12. The molecule has 20 heavy (non-hydrogen) atoms. The first-order valence-corrected chi connectivity index (χ1v) is 6.85. The van der Waals surface area contributed by atoms with Crippen LogP contribution in [0.15, 0.2) is 33.7 Å². The highest BCUT2D eigenvalue weighted by Crippen LogP contribution is 2.18. The second kappa shape index (κ2) is 5.94. The predicted molar refractivity (Wildman–Crippen MR) is 78.8 cm³/mol. The molecule has 1 atom stereocenters. The highest BCUT2D eigenvalue weighted by atomic mass is 16.3. The zero-order chi connectivity index (χ0) is 14.7. The number of nitrogens with one attached hydrogen (secondary N) is 1. The van der Waals surface area contributed by atoms with Gasteiger partial charge in [-0.25, -0.2) is 4.98 Å². The minimum Gasteiger partial charge on any atom is -0.464 e. The zero-order valence-corrected chi connectivity index (χ0v) is 12.4. The van der Waals surface area contributed by atoms with Gasteiger partial charge in [-0.2, -0.15) is 0 Å². The summed E-state index contributed by atoms with van der Waals surface area (Å²) < 4.78 is 7.23. The van der Waals surface area contributed by atoms with E-state index in [2.05, 4.69) is 24.1 Å². The third kappa shape index (κ3) is 3.29. The number of aromatic nitrogens is 2. The summed E-state index contributed by atoms with van der Waals surface area (Å²) in [6.07, 6.45) is 3.36. The van der Waals surface area contributed by atoms with Crippen molar-refractivity contribution < 1.29 is 4.42 Å². The molecule has 2 aromatic heterocycles. The van der Waals surface area contributed by atoms with Crippen molar-refractivity contribution in [2.45, 2.75) is 40.3 Å². The summed E-state index contributed by atoms with van der Waals surface area (Å²) in [6.45, 7) is 8.68. The third-order valence-corrected chi connectivity index (χ3v) is 3.02. The normalized spacial score (nSPS) is 12.7. The van der Waals surface area contributed by atoms with Crippen LogP contribution in [-0.2, 0) is 6.54 Å². The van der Waals surface area contributed by atoms with Crippen LogP contribution in [0.4, 0.5) is 5.82 Å². The number of anilines is 1. The zero-order valence-electron chi connectivity index (χ0n) is 12.4. The lowest BCUT2D eigenvalue weighted by Gasteiger charge is -2.14. The summed E-state index contributed by atoms with van der Waals surface area (Å²) in [6, 6.07) is 3.71. The first-order chi connectivity index (χ1) is 9.47. The molecule has 2 heterocycles. The van der Waals surface area contributed by atoms with Crippen LogP contribution >= 0.6 is 0 Å². The number of hydrogen-bond acceptors (Lipinski definition) is 4. The van der Waals surface area contributed by atoms with E-state index in [1.165, 1.54) is 0 Å². The fourth-order valence-electron chi connectivity index (χ4n) is 2.05. The van der Waals surface area contributed by atoms with Gasteiger partial charge in [-0.3, -0.25) is 4.79 Å². The van der Waals surface area contributed by atoms with Crippen molar-refractivity contribution in [3.63, 3.8) is 0 Å². The summed E-state index contributed by atoms with van der Waals surface area (Å²) in [5.41, 5.74) is -0.101. The van der Waals surface area contributed by atoms with Gasteiger partial charge in [0.2, 0.25) is 0 Å². The molecule has 0 bridgehead atoms. The van der Waals surface area contributed by atoms with Gasteiger partial charge in [0.05, 0.1) is 6.04 Å². The van der Waals surface area contributed by atoms with Crippen molar-refractivity contribution in [2.75, 3.05) is 5.32 Å². The molecule has 1 N–H and O–H groups in total. The molecule has 0 aliphatic rings. The van der Waals surface area contributed by atoms with E-state index in [1.54, 1.807) is 17.0 Å². The maximum absolute atomic E-state index is 12.3. The Bertz CT molecular complexity index is 628. The van der Waals surface area contributed by atoms with E-state index in [-0.39, 0.29) is 11.6 Å². The van der Waals surface area contributed by atoms with Crippen LogP contribution in [-0.4, -0.2) is 9.55 Å². The van der Waals surface area contributed by atoms with E-state index in [0.29, 0.717) is 18.3 Å². The van der Waals surface area contributed by atoms with Gasteiger partial charge >= 0.3 is 0 Å². The Morgan fingerprint density at radius 2 is 2.10 bits per heavy atom. The van der Waals surface area contributed by atoms with Crippen LogP contribution in [0.2, 0.25) is 0 Å². The molecule has 0 spiro atoms. The van der Waals surface area contributed by atoms with Crippen LogP contribution in [0.25, 0.3) is 0 Å². The lowest BCUT2D eigenvalue weighted by Crippen LogP contribution is -2.26. The number of nitrogens with zero attached hydrogens (tertiary/aromatic N) is 2. The Hall–Kier alpha value is -2.04. The first-order valence-electron chi connectivity index (χ1n) is 6.85. The van der Waals surface area contributed by atoms with E-state index in [4.69, 9.17) is 4.42 Å². The molecule has 5 nitrogen and oxygen atoms in total. The van der Waals surface area contributed by atoms with Crippen LogP contribution in [0.1, 0.15) is 38.3 Å². The molecule has 0 amide bonds. The largest absolute Gasteiger partial charge is 0.464 e. The molecule has 0 aliphatic carbocycles. The molecule has 0 aromatic carbocycles. The smallest absolute Gasteiger partial charge is 0.293 e. The lowest BCUT2D eigenvalue weighted by atomic mass is 10.2. The average molecular weight is 275 g/mol. The highest BCUT2D eigenvalue weighted by molar-refractivity contribution is 5.34. The van der Waals surface area contributed by atoms with E-state index in [9.17, 15) is 4.79 Å². The standard InChI is InChI=1S/C15H21N3O2/c1-10(2)9-18-8-7-16-14(15(18)19)17-12(4)13-6-5-11(3)20-13/h5-8,10,12H,9H2,1-4H3,(H,16,17). The lowest BCUT2D eigenvalue weighted by molar-refractivity contribution is 0.465. The molecule has 0 radical (unpaired) electrons. The molecule has 0 saturated heterocycles. The Balaban J connectivity index is 2.19. The van der Waals surface area contributed by atoms with Crippen molar-refractivity contribution in [1.29, 1.82) is 0 Å². The summed E-state index contributed by atoms with van der Waals surface area (Å²) in [5.74, 6) is 2.41. The average Bonchev–Trinajstić information content (AvgIpc) is 2.80. The predicted octanol–water partition coefficient (Wildman–Crippen LogP) is 2.97.